The lowest BCUT2D eigenvalue weighted by molar-refractivity contribution is 0.00213. The van der Waals surface area contributed by atoms with Gasteiger partial charge < -0.3 is 14.7 Å². The molecule has 1 aliphatic heterocycles. The van der Waals surface area contributed by atoms with Gasteiger partial charge in [0.1, 0.15) is 5.75 Å². The van der Waals surface area contributed by atoms with Gasteiger partial charge in [-0.25, -0.2) is 4.79 Å². The van der Waals surface area contributed by atoms with E-state index in [0.717, 1.165) is 0 Å². The van der Waals surface area contributed by atoms with Crippen LogP contribution >= 0.6 is 0 Å². The first-order chi connectivity index (χ1) is 6.72. The van der Waals surface area contributed by atoms with Crippen molar-refractivity contribution in [3.05, 3.63) is 29.3 Å². The van der Waals surface area contributed by atoms with Crippen LogP contribution in [0.5, 0.6) is 5.75 Å². The van der Waals surface area contributed by atoms with E-state index >= 15 is 0 Å². The molecule has 2 rings (SSSR count). The minimum atomic E-state index is -0.892. The number of hydrogen-bond acceptors (Lipinski definition) is 5. The summed E-state index contributed by atoms with van der Waals surface area (Å²) in [5.74, 6) is 4.65. The lowest BCUT2D eigenvalue weighted by atomic mass is 10.1. The van der Waals surface area contributed by atoms with Gasteiger partial charge in [-0.05, 0) is 12.1 Å². The maximum Gasteiger partial charge on any atom is 0.357 e. The number of nitrogens with two attached hydrogens (primary N) is 1. The van der Waals surface area contributed by atoms with Crippen LogP contribution < -0.4 is 10.6 Å². The quantitative estimate of drug-likeness (QED) is 0.615. The first-order valence-electron chi connectivity index (χ1n) is 4.10. The number of aliphatic hydroxyl groups excluding tert-OH is 1. The van der Waals surface area contributed by atoms with Crippen LogP contribution in [-0.2, 0) is 11.3 Å². The lowest BCUT2D eigenvalue weighted by Crippen LogP contribution is -2.13. The third-order valence-electron chi connectivity index (χ3n) is 2.10. The molecule has 0 amide bonds. The van der Waals surface area contributed by atoms with Crippen LogP contribution in [0.4, 0.5) is 0 Å². The van der Waals surface area contributed by atoms with E-state index in [2.05, 4.69) is 4.84 Å². The molecule has 0 spiro atoms. The van der Waals surface area contributed by atoms with Crippen molar-refractivity contribution in [1.29, 1.82) is 0 Å². The highest BCUT2D eigenvalue weighted by Gasteiger charge is 2.26. The second-order valence-electron chi connectivity index (χ2n) is 2.96. The molecule has 1 aromatic carbocycles. The molecule has 1 heterocycles. The smallest absolute Gasteiger partial charge is 0.357 e. The molecule has 0 saturated carbocycles. The zero-order chi connectivity index (χ0) is 10.1. The molecule has 3 N–H and O–H groups in total. The van der Waals surface area contributed by atoms with Crippen molar-refractivity contribution in [2.24, 2.45) is 5.90 Å². The van der Waals surface area contributed by atoms with Gasteiger partial charge in [0, 0.05) is 12.0 Å². The monoisotopic (exact) mass is 195 g/mol. The number of rotatable bonds is 1. The number of benzene rings is 1. The van der Waals surface area contributed by atoms with Crippen LogP contribution in [0.15, 0.2) is 18.2 Å². The Balaban J connectivity index is 2.44. The zero-order valence-electron chi connectivity index (χ0n) is 7.27. The van der Waals surface area contributed by atoms with Gasteiger partial charge in [-0.2, -0.15) is 5.90 Å². The Labute approximate surface area is 80.0 Å². The fraction of sp³-hybridized carbons (Fsp3) is 0.222. The number of carbonyl (C=O) groups is 1. The molecule has 0 saturated heterocycles. The highest BCUT2D eigenvalue weighted by molar-refractivity contribution is 5.91. The minimum absolute atomic E-state index is 0.278. The van der Waals surface area contributed by atoms with E-state index in [9.17, 15) is 9.90 Å². The summed E-state index contributed by atoms with van der Waals surface area (Å²) in [5.41, 5.74) is 0.969. The molecule has 14 heavy (non-hydrogen) atoms. The van der Waals surface area contributed by atoms with E-state index in [1.807, 2.05) is 0 Å². The van der Waals surface area contributed by atoms with Crippen LogP contribution in [0, 0.1) is 0 Å². The van der Waals surface area contributed by atoms with Crippen LogP contribution in [0.2, 0.25) is 0 Å². The minimum Gasteiger partial charge on any atom is -0.464 e. The Bertz CT molecular complexity index is 377. The van der Waals surface area contributed by atoms with E-state index < -0.39 is 12.3 Å². The molecule has 0 radical (unpaired) electrons. The number of hydrogen-bond donors (Lipinski definition) is 2. The Morgan fingerprint density at radius 1 is 1.64 bits per heavy atom. The highest BCUT2D eigenvalue weighted by atomic mass is 16.7. The molecule has 5 nitrogen and oxygen atoms in total. The van der Waals surface area contributed by atoms with Gasteiger partial charge in [0.05, 0.1) is 5.56 Å². The largest absolute Gasteiger partial charge is 0.464 e. The molecule has 5 heteroatoms. The van der Waals surface area contributed by atoms with Crippen LogP contribution in [0.25, 0.3) is 0 Å². The van der Waals surface area contributed by atoms with E-state index in [0.29, 0.717) is 16.9 Å². The van der Waals surface area contributed by atoms with Crippen molar-refractivity contribution in [3.8, 4) is 5.75 Å². The van der Waals surface area contributed by atoms with E-state index in [4.69, 9.17) is 10.6 Å². The van der Waals surface area contributed by atoms with Crippen molar-refractivity contribution >= 4 is 5.97 Å². The summed E-state index contributed by atoms with van der Waals surface area (Å²) in [5, 5.41) is 9.22. The Morgan fingerprint density at radius 3 is 3.14 bits per heavy atom. The SMILES string of the molecule is NOC(=O)c1cccc2c1CC(O)O2. The van der Waals surface area contributed by atoms with Gasteiger partial charge in [-0.3, -0.25) is 0 Å². The van der Waals surface area contributed by atoms with E-state index in [1.54, 1.807) is 18.2 Å². The summed E-state index contributed by atoms with van der Waals surface area (Å²) in [6.07, 6.45) is -0.614. The predicted octanol–water partition coefficient (Wildman–Crippen LogP) is -0.0296. The maximum atomic E-state index is 11.2. The molecule has 0 aliphatic carbocycles. The second-order valence-corrected chi connectivity index (χ2v) is 2.96. The van der Waals surface area contributed by atoms with Crippen LogP contribution in [0.3, 0.4) is 0 Å². The van der Waals surface area contributed by atoms with Crippen LogP contribution in [-0.4, -0.2) is 17.4 Å². The molecule has 0 fully saturated rings. The number of ether oxygens (including phenoxy) is 1. The van der Waals surface area contributed by atoms with Gasteiger partial charge in [-0.15, -0.1) is 0 Å². The van der Waals surface area contributed by atoms with Gasteiger partial charge in [0.15, 0.2) is 0 Å². The molecule has 1 unspecified atom stereocenters. The second kappa shape index (κ2) is 3.28. The molecule has 1 atom stereocenters. The molecule has 0 bridgehead atoms. The average molecular weight is 195 g/mol. The summed E-state index contributed by atoms with van der Waals surface area (Å²) in [6.45, 7) is 0. The lowest BCUT2D eigenvalue weighted by Gasteiger charge is -2.02. The third-order valence-corrected chi connectivity index (χ3v) is 2.10. The van der Waals surface area contributed by atoms with Crippen molar-refractivity contribution in [3.63, 3.8) is 0 Å². The standard InChI is InChI=1S/C9H9NO4/c10-14-9(12)5-2-1-3-7-6(5)4-8(11)13-7/h1-3,8,11H,4,10H2. The normalized spacial score (nSPS) is 18.6. The number of fused-ring (bicyclic) bond motifs is 1. The molecular weight excluding hydrogens is 186 g/mol. The van der Waals surface area contributed by atoms with Crippen molar-refractivity contribution in [2.45, 2.75) is 12.7 Å². The van der Waals surface area contributed by atoms with Crippen molar-refractivity contribution in [2.75, 3.05) is 0 Å². The van der Waals surface area contributed by atoms with Gasteiger partial charge >= 0.3 is 5.97 Å². The van der Waals surface area contributed by atoms with E-state index in [1.165, 1.54) is 0 Å². The molecule has 74 valence electrons. The average Bonchev–Trinajstić information content (AvgIpc) is 2.56. The molecule has 1 aliphatic rings. The molecule has 1 aromatic rings. The fourth-order valence-electron chi connectivity index (χ4n) is 1.50. The summed E-state index contributed by atoms with van der Waals surface area (Å²) < 4.78 is 5.05. The van der Waals surface area contributed by atoms with Gasteiger partial charge in [0.25, 0.3) is 0 Å². The van der Waals surface area contributed by atoms with Crippen molar-refractivity contribution in [1.82, 2.24) is 0 Å². The molecular formula is C9H9NO4. The Morgan fingerprint density at radius 2 is 2.43 bits per heavy atom. The topological polar surface area (TPSA) is 81.8 Å². The van der Waals surface area contributed by atoms with Gasteiger partial charge in [-0.1, -0.05) is 6.07 Å². The Hall–Kier alpha value is -1.59. The van der Waals surface area contributed by atoms with Crippen LogP contribution in [0.1, 0.15) is 15.9 Å². The summed E-state index contributed by atoms with van der Waals surface area (Å²) in [7, 11) is 0. The number of carbonyl (C=O) groups excluding carboxylic acids is 1. The van der Waals surface area contributed by atoms with Crippen molar-refractivity contribution < 1.29 is 19.5 Å². The first-order valence-corrected chi connectivity index (χ1v) is 4.10. The first kappa shape index (κ1) is 8.98. The Kier molecular flexibility index (Phi) is 2.11. The summed E-state index contributed by atoms with van der Waals surface area (Å²) >= 11 is 0. The number of aliphatic hydroxyl groups is 1. The fourth-order valence-corrected chi connectivity index (χ4v) is 1.50. The highest BCUT2D eigenvalue weighted by Crippen LogP contribution is 2.30. The third kappa shape index (κ3) is 1.32. The maximum absolute atomic E-state index is 11.2. The summed E-state index contributed by atoms with van der Waals surface area (Å²) in [4.78, 5) is 15.3. The van der Waals surface area contributed by atoms with Gasteiger partial charge in [0.2, 0.25) is 6.29 Å². The predicted molar refractivity (Wildman–Crippen MR) is 46.4 cm³/mol. The molecule has 0 aromatic heterocycles. The zero-order valence-corrected chi connectivity index (χ0v) is 7.27. The summed E-state index contributed by atoms with van der Waals surface area (Å²) in [6, 6.07) is 4.90. The van der Waals surface area contributed by atoms with E-state index in [-0.39, 0.29) is 6.42 Å².